The van der Waals surface area contributed by atoms with E-state index >= 15 is 4.21 Å². The first-order valence-electron chi connectivity index (χ1n) is 26.5. The third kappa shape index (κ3) is 5.18. The average molecular weight is 1020 g/mol. The molecule has 0 atom stereocenters. The molecule has 0 saturated carbocycles. The maximum absolute atomic E-state index is 18.0. The monoisotopic (exact) mass is 1010 g/mol. The number of hydrogen-bond acceptors (Lipinski definition) is 3. The molecule has 0 aliphatic carbocycles. The normalized spacial score (nSPS) is 14.5. The molecule has 2 aliphatic rings. The van der Waals surface area contributed by atoms with Gasteiger partial charge in [0.25, 0.3) is 0 Å². The van der Waals surface area contributed by atoms with Crippen LogP contribution in [0.2, 0.25) is 0 Å². The summed E-state index contributed by atoms with van der Waals surface area (Å²) in [4.78, 5) is 3.41. The van der Waals surface area contributed by atoms with Crippen molar-refractivity contribution >= 4 is 96.6 Å². The van der Waals surface area contributed by atoms with E-state index in [2.05, 4.69) is 240 Å². The van der Waals surface area contributed by atoms with E-state index in [0.717, 1.165) is 141 Å². The molecular weight excluding hydrogens is 973 g/mol. The van der Waals surface area contributed by atoms with Gasteiger partial charge in [-0.05, 0) is 118 Å². The molecule has 0 amide bonds. The third-order valence-corrected chi connectivity index (χ3v) is 22.0. The zero-order valence-corrected chi connectivity index (χ0v) is 42.6. The summed E-state index contributed by atoms with van der Waals surface area (Å²) >= 11 is 0. The molecule has 0 radical (unpaired) electrons. The number of furan rings is 2. The van der Waals surface area contributed by atoms with E-state index in [9.17, 15) is 0 Å². The summed E-state index contributed by atoms with van der Waals surface area (Å²) in [6, 6.07) is 90.4. The first-order chi connectivity index (χ1) is 38.5. The number of aromatic nitrogens is 2. The lowest BCUT2D eigenvalue weighted by Gasteiger charge is -2.38. The van der Waals surface area contributed by atoms with Crippen LogP contribution in [0, 0.1) is 0 Å². The summed E-state index contributed by atoms with van der Waals surface area (Å²) in [5.41, 5.74) is 18.2. The van der Waals surface area contributed by atoms with E-state index in [4.69, 9.17) is 8.83 Å². The van der Waals surface area contributed by atoms with Crippen molar-refractivity contribution in [2.75, 3.05) is 0 Å². The average Bonchev–Trinajstić information content (AvgIpc) is 4.46. The molecule has 6 heteroatoms. The Morgan fingerprint density at radius 2 is 0.628 bits per heavy atom. The van der Waals surface area contributed by atoms with Crippen molar-refractivity contribution in [1.82, 2.24) is 9.13 Å². The second kappa shape index (κ2) is 14.9. The van der Waals surface area contributed by atoms with Crippen LogP contribution in [-0.4, -0.2) is 13.3 Å². The van der Waals surface area contributed by atoms with E-state index in [0.29, 0.717) is 0 Å². The van der Waals surface area contributed by atoms with Gasteiger partial charge in [0.05, 0.1) is 33.4 Å². The van der Waals surface area contributed by atoms with Gasteiger partial charge in [0.15, 0.2) is 0 Å². The predicted molar refractivity (Wildman–Crippen MR) is 319 cm³/mol. The summed E-state index contributed by atoms with van der Waals surface area (Å²) in [7, 11) is -4.20. The molecule has 0 N–H and O–H groups in total. The zero-order chi connectivity index (χ0) is 51.0. The van der Waals surface area contributed by atoms with Crippen molar-refractivity contribution < 1.29 is 13.0 Å². The topological polar surface area (TPSA) is 53.2 Å². The Hall–Kier alpha value is -10.0. The number of para-hydroxylation sites is 6. The predicted octanol–water partition coefficient (Wildman–Crippen LogP) is 19.3. The largest absolute Gasteiger partial charge is 0.456 e. The quantitative estimate of drug-likeness (QED) is 0.177. The maximum Gasteiger partial charge on any atom is 0.137 e. The minimum atomic E-state index is -4.20. The molecule has 2 aliphatic heterocycles. The molecule has 5 nitrogen and oxygen atoms in total. The van der Waals surface area contributed by atoms with Gasteiger partial charge in [-0.1, -0.05) is 158 Å². The molecule has 1 spiro atoms. The van der Waals surface area contributed by atoms with Gasteiger partial charge < -0.3 is 18.0 Å². The maximum atomic E-state index is 18.0. The highest BCUT2D eigenvalue weighted by atomic mass is 32.3. The molecule has 18 rings (SSSR count). The lowest BCUT2D eigenvalue weighted by molar-refractivity contribution is 0.658. The first kappa shape index (κ1) is 42.2. The van der Waals surface area contributed by atoms with Gasteiger partial charge in [-0.2, -0.15) is 0 Å². The standard InChI is InChI=1S/C72H42N2O3S/c75-78(69-31-15-7-23-51(69)57-37-43(33-35-71(57)78)45-17-1-9-25-59(45)73-61-27-11-3-19-47(61)53-39-55-49-21-5-13-29-65(49)76-67(55)41-63(53)73)70-32-16-8-24-52(70)58-38-44(34-36-72(58)78)46-18-2-10-26-60(46)74-62-28-12-4-20-48(62)54-40-56-50-22-6-14-30-66(50)77-68(56)42-64(54)74/h1-42H. The van der Waals surface area contributed by atoms with Gasteiger partial charge >= 0.3 is 0 Å². The number of rotatable bonds is 4. The van der Waals surface area contributed by atoms with E-state index < -0.39 is 9.07 Å². The molecular formula is C72H42N2O3S. The van der Waals surface area contributed by atoms with Crippen molar-refractivity contribution in [1.29, 1.82) is 0 Å². The van der Waals surface area contributed by atoms with Crippen molar-refractivity contribution in [3.63, 3.8) is 0 Å². The summed E-state index contributed by atoms with van der Waals surface area (Å²) < 4.78 is 35.8. The number of benzene rings is 12. The molecule has 0 saturated heterocycles. The smallest absolute Gasteiger partial charge is 0.137 e. The van der Waals surface area contributed by atoms with Gasteiger partial charge in [0, 0.05) is 95.0 Å². The highest BCUT2D eigenvalue weighted by Crippen LogP contribution is 2.71. The molecule has 16 aromatic rings. The van der Waals surface area contributed by atoms with Crippen LogP contribution in [0.15, 0.2) is 283 Å². The van der Waals surface area contributed by atoms with Crippen LogP contribution in [0.4, 0.5) is 0 Å². The zero-order valence-electron chi connectivity index (χ0n) is 41.8. The molecule has 6 heterocycles. The van der Waals surface area contributed by atoms with Crippen LogP contribution >= 0.6 is 0 Å². The molecule has 0 fully saturated rings. The highest BCUT2D eigenvalue weighted by Gasteiger charge is 2.57. The van der Waals surface area contributed by atoms with Crippen LogP contribution in [0.3, 0.4) is 0 Å². The molecule has 0 unspecified atom stereocenters. The molecule has 78 heavy (non-hydrogen) atoms. The summed E-state index contributed by atoms with van der Waals surface area (Å²) in [6.07, 6.45) is 0. The van der Waals surface area contributed by atoms with Crippen molar-refractivity contribution in [3.8, 4) is 55.9 Å². The molecule has 364 valence electrons. The second-order valence-corrected chi connectivity index (χ2v) is 24.7. The minimum absolute atomic E-state index is 0.847. The van der Waals surface area contributed by atoms with E-state index in [-0.39, 0.29) is 0 Å². The number of hydrogen-bond donors (Lipinski definition) is 0. The van der Waals surface area contributed by atoms with Crippen molar-refractivity contribution in [2.45, 2.75) is 19.6 Å². The van der Waals surface area contributed by atoms with E-state index in [1.165, 1.54) is 21.5 Å². The van der Waals surface area contributed by atoms with Crippen LogP contribution in [0.5, 0.6) is 0 Å². The van der Waals surface area contributed by atoms with Gasteiger partial charge in [-0.3, -0.25) is 4.21 Å². The Balaban J connectivity index is 0.826. The van der Waals surface area contributed by atoms with Gasteiger partial charge in [0.1, 0.15) is 22.3 Å². The molecule has 0 bridgehead atoms. The van der Waals surface area contributed by atoms with Crippen LogP contribution < -0.4 is 0 Å². The highest BCUT2D eigenvalue weighted by molar-refractivity contribution is 8.21. The Morgan fingerprint density at radius 1 is 0.256 bits per heavy atom. The Morgan fingerprint density at radius 3 is 1.10 bits per heavy atom. The minimum Gasteiger partial charge on any atom is -0.456 e. The Bertz CT molecular complexity index is 5090. The van der Waals surface area contributed by atoms with E-state index in [1.54, 1.807) is 0 Å². The fourth-order valence-electron chi connectivity index (χ4n) is 14.0. The number of fused-ring (bicyclic) bond motifs is 22. The number of nitrogens with zero attached hydrogens (tertiary/aromatic N) is 2. The summed E-state index contributed by atoms with van der Waals surface area (Å²) in [5, 5.41) is 9.14. The summed E-state index contributed by atoms with van der Waals surface area (Å²) in [5.74, 6) is 0. The fraction of sp³-hybridized carbons (Fsp3) is 0. The first-order valence-corrected chi connectivity index (χ1v) is 28.5. The fourth-order valence-corrected chi connectivity index (χ4v) is 19.1. The van der Waals surface area contributed by atoms with Gasteiger partial charge in [0.2, 0.25) is 0 Å². The Labute approximate surface area is 446 Å². The lowest BCUT2D eigenvalue weighted by Crippen LogP contribution is -2.30. The van der Waals surface area contributed by atoms with E-state index in [1.807, 2.05) is 24.3 Å². The molecule has 12 aromatic carbocycles. The molecule has 4 aromatic heterocycles. The summed E-state index contributed by atoms with van der Waals surface area (Å²) in [6.45, 7) is 0. The van der Waals surface area contributed by atoms with Crippen LogP contribution in [0.1, 0.15) is 0 Å². The lowest BCUT2D eigenvalue weighted by atomic mass is 9.98. The van der Waals surface area contributed by atoms with Crippen LogP contribution in [-0.2, 0) is 9.07 Å². The SMILES string of the molecule is O=S12(c3ccccc3-c3cc(-c4ccccc4-n4c5ccccc5c5cc6c(cc54)oc4ccccc46)ccc31)c1ccccc1-c1cc(-c3ccccc3-n3c4ccccc4c4cc5c(cc43)oc3ccccc35)ccc12. The van der Waals surface area contributed by atoms with Crippen molar-refractivity contribution in [2.24, 2.45) is 0 Å². The third-order valence-electron chi connectivity index (χ3n) is 17.2. The van der Waals surface area contributed by atoms with Gasteiger partial charge in [-0.15, -0.1) is 0 Å². The van der Waals surface area contributed by atoms with Crippen LogP contribution in [0.25, 0.3) is 143 Å². The van der Waals surface area contributed by atoms with Gasteiger partial charge in [-0.25, -0.2) is 0 Å². The second-order valence-electron chi connectivity index (χ2n) is 21.0. The van der Waals surface area contributed by atoms with Crippen molar-refractivity contribution in [3.05, 3.63) is 255 Å². The Kier molecular flexibility index (Phi) is 8.06.